The van der Waals surface area contributed by atoms with E-state index < -0.39 is 5.97 Å². The number of hydrogen-bond acceptors (Lipinski definition) is 2. The van der Waals surface area contributed by atoms with Gasteiger partial charge in [0.25, 0.3) is 0 Å². The summed E-state index contributed by atoms with van der Waals surface area (Å²) in [4.78, 5) is 12.0. The van der Waals surface area contributed by atoms with Gasteiger partial charge in [-0.2, -0.15) is 0 Å². The first-order valence-corrected chi connectivity index (χ1v) is 5.83. The molecule has 0 aliphatic heterocycles. The molecule has 0 radical (unpaired) electrons. The van der Waals surface area contributed by atoms with Gasteiger partial charge in [0.05, 0.1) is 10.3 Å². The maximum Gasteiger partial charge on any atom is 0.306 e. The molecule has 14 heavy (non-hydrogen) atoms. The quantitative estimate of drug-likeness (QED) is 0.867. The Balaban J connectivity index is 1.95. The van der Waals surface area contributed by atoms with Crippen LogP contribution in [0.25, 0.3) is 0 Å². The number of thiophene rings is 1. The third-order valence-electron chi connectivity index (χ3n) is 2.83. The molecule has 0 amide bonds. The topological polar surface area (TPSA) is 37.3 Å². The lowest BCUT2D eigenvalue weighted by molar-refractivity contribution is -0.147. The molecule has 1 fully saturated rings. The van der Waals surface area contributed by atoms with Gasteiger partial charge >= 0.3 is 5.97 Å². The van der Waals surface area contributed by atoms with Crippen molar-refractivity contribution in [2.45, 2.75) is 19.3 Å². The first-order valence-electron chi connectivity index (χ1n) is 4.64. The highest BCUT2D eigenvalue weighted by Crippen LogP contribution is 2.38. The summed E-state index contributed by atoms with van der Waals surface area (Å²) in [5.74, 6) is -0.456. The third-order valence-corrected chi connectivity index (χ3v) is 4.08. The van der Waals surface area contributed by atoms with Crippen LogP contribution in [0.2, 0.25) is 4.34 Å². The predicted octanol–water partition coefficient (Wildman–Crippen LogP) is 3.05. The van der Waals surface area contributed by atoms with E-state index in [9.17, 15) is 4.79 Å². The Labute approximate surface area is 91.5 Å². The van der Waals surface area contributed by atoms with Crippen LogP contribution >= 0.6 is 22.9 Å². The molecular weight excluding hydrogens is 220 g/mol. The molecule has 76 valence electrons. The molecule has 1 saturated carbocycles. The Morgan fingerprint density at radius 3 is 2.79 bits per heavy atom. The van der Waals surface area contributed by atoms with Gasteiger partial charge in [-0.1, -0.05) is 11.6 Å². The van der Waals surface area contributed by atoms with Crippen molar-refractivity contribution >= 4 is 28.9 Å². The summed E-state index contributed by atoms with van der Waals surface area (Å²) in [6.07, 6.45) is 2.74. The molecule has 0 saturated heterocycles. The van der Waals surface area contributed by atoms with Crippen LogP contribution in [-0.4, -0.2) is 11.1 Å². The Bertz CT molecular complexity index is 348. The van der Waals surface area contributed by atoms with Gasteiger partial charge in [0.1, 0.15) is 0 Å². The molecule has 0 aromatic carbocycles. The van der Waals surface area contributed by atoms with Crippen molar-refractivity contribution in [1.82, 2.24) is 0 Å². The summed E-state index contributed by atoms with van der Waals surface area (Å²) in [5.41, 5.74) is 0. The van der Waals surface area contributed by atoms with Gasteiger partial charge in [-0.05, 0) is 37.3 Å². The van der Waals surface area contributed by atoms with Crippen LogP contribution in [0, 0.1) is 11.8 Å². The SMILES string of the molecule is O=C(O)C1CCC1Cc1ccc(Cl)s1. The van der Waals surface area contributed by atoms with Crippen molar-refractivity contribution in [3.8, 4) is 0 Å². The minimum atomic E-state index is -0.649. The van der Waals surface area contributed by atoms with Crippen LogP contribution < -0.4 is 0 Å². The van der Waals surface area contributed by atoms with E-state index in [-0.39, 0.29) is 5.92 Å². The van der Waals surface area contributed by atoms with E-state index in [1.54, 1.807) is 11.3 Å². The molecule has 1 aromatic rings. The molecule has 1 heterocycles. The number of aliphatic carboxylic acids is 1. The van der Waals surface area contributed by atoms with Gasteiger partial charge in [0.15, 0.2) is 0 Å². The summed E-state index contributed by atoms with van der Waals surface area (Å²) in [6.45, 7) is 0. The molecule has 2 nitrogen and oxygen atoms in total. The van der Waals surface area contributed by atoms with Crippen molar-refractivity contribution in [2.24, 2.45) is 11.8 Å². The highest BCUT2D eigenvalue weighted by Gasteiger charge is 2.36. The second-order valence-electron chi connectivity index (χ2n) is 3.69. The van der Waals surface area contributed by atoms with Crippen LogP contribution in [0.15, 0.2) is 12.1 Å². The number of hydrogen-bond donors (Lipinski definition) is 1. The summed E-state index contributed by atoms with van der Waals surface area (Å²) in [5, 5.41) is 8.86. The van der Waals surface area contributed by atoms with Crippen LogP contribution in [-0.2, 0) is 11.2 Å². The van der Waals surface area contributed by atoms with E-state index in [1.807, 2.05) is 12.1 Å². The molecule has 4 heteroatoms. The van der Waals surface area contributed by atoms with Crippen molar-refractivity contribution in [2.75, 3.05) is 0 Å². The molecular formula is C10H11ClO2S. The fraction of sp³-hybridized carbons (Fsp3) is 0.500. The molecule has 2 rings (SSSR count). The molecule has 0 bridgehead atoms. The summed E-state index contributed by atoms with van der Waals surface area (Å²) < 4.78 is 0.784. The van der Waals surface area contributed by atoms with Crippen molar-refractivity contribution in [1.29, 1.82) is 0 Å². The minimum absolute atomic E-state index is 0.129. The lowest BCUT2D eigenvalue weighted by Crippen LogP contribution is -2.33. The first kappa shape index (κ1) is 9.99. The number of rotatable bonds is 3. The lowest BCUT2D eigenvalue weighted by atomic mass is 9.72. The fourth-order valence-corrected chi connectivity index (χ4v) is 3.04. The Kier molecular flexibility index (Phi) is 2.79. The van der Waals surface area contributed by atoms with Crippen LogP contribution in [0.5, 0.6) is 0 Å². The molecule has 1 aliphatic rings. The van der Waals surface area contributed by atoms with Crippen molar-refractivity contribution in [3.05, 3.63) is 21.3 Å². The zero-order valence-electron chi connectivity index (χ0n) is 7.57. The Morgan fingerprint density at radius 1 is 1.57 bits per heavy atom. The minimum Gasteiger partial charge on any atom is -0.481 e. The molecule has 1 N–H and O–H groups in total. The number of carboxylic acids is 1. The molecule has 0 spiro atoms. The summed E-state index contributed by atoms with van der Waals surface area (Å²) >= 11 is 7.36. The molecule has 2 unspecified atom stereocenters. The second kappa shape index (κ2) is 3.91. The lowest BCUT2D eigenvalue weighted by Gasteiger charge is -2.32. The zero-order chi connectivity index (χ0) is 10.1. The van der Waals surface area contributed by atoms with Gasteiger partial charge < -0.3 is 5.11 Å². The second-order valence-corrected chi connectivity index (χ2v) is 5.49. The van der Waals surface area contributed by atoms with Crippen LogP contribution in [0.1, 0.15) is 17.7 Å². The number of carbonyl (C=O) groups is 1. The normalized spacial score (nSPS) is 25.8. The van der Waals surface area contributed by atoms with E-state index in [0.29, 0.717) is 5.92 Å². The van der Waals surface area contributed by atoms with Gasteiger partial charge in [0, 0.05) is 4.88 Å². The highest BCUT2D eigenvalue weighted by atomic mass is 35.5. The third kappa shape index (κ3) is 1.93. The molecule has 2 atom stereocenters. The van der Waals surface area contributed by atoms with E-state index >= 15 is 0 Å². The standard InChI is InChI=1S/C10H11ClO2S/c11-9-4-2-7(14-9)5-6-1-3-8(6)10(12)13/h2,4,6,8H,1,3,5H2,(H,12,13). The monoisotopic (exact) mass is 230 g/mol. The van der Waals surface area contributed by atoms with Gasteiger partial charge in [-0.25, -0.2) is 0 Å². The summed E-state index contributed by atoms with van der Waals surface area (Å²) in [7, 11) is 0. The maximum absolute atomic E-state index is 10.8. The van der Waals surface area contributed by atoms with E-state index in [0.717, 1.165) is 23.6 Å². The largest absolute Gasteiger partial charge is 0.481 e. The van der Waals surface area contributed by atoms with Crippen molar-refractivity contribution in [3.63, 3.8) is 0 Å². The highest BCUT2D eigenvalue weighted by molar-refractivity contribution is 7.16. The zero-order valence-corrected chi connectivity index (χ0v) is 9.14. The fourth-order valence-electron chi connectivity index (χ4n) is 1.86. The van der Waals surface area contributed by atoms with Gasteiger partial charge in [-0.3, -0.25) is 4.79 Å². The molecule has 1 aromatic heterocycles. The molecule has 1 aliphatic carbocycles. The Hall–Kier alpha value is -0.540. The first-order chi connectivity index (χ1) is 6.66. The van der Waals surface area contributed by atoms with Gasteiger partial charge in [-0.15, -0.1) is 11.3 Å². The predicted molar refractivity (Wildman–Crippen MR) is 56.9 cm³/mol. The van der Waals surface area contributed by atoms with Crippen LogP contribution in [0.3, 0.4) is 0 Å². The van der Waals surface area contributed by atoms with Crippen molar-refractivity contribution < 1.29 is 9.90 Å². The van der Waals surface area contributed by atoms with E-state index in [4.69, 9.17) is 16.7 Å². The maximum atomic E-state index is 10.8. The van der Waals surface area contributed by atoms with E-state index in [2.05, 4.69) is 0 Å². The summed E-state index contributed by atoms with van der Waals surface area (Å²) in [6, 6.07) is 3.86. The average molecular weight is 231 g/mol. The van der Waals surface area contributed by atoms with E-state index in [1.165, 1.54) is 4.88 Å². The van der Waals surface area contributed by atoms with Crippen LogP contribution in [0.4, 0.5) is 0 Å². The smallest absolute Gasteiger partial charge is 0.306 e. The van der Waals surface area contributed by atoms with Gasteiger partial charge in [0.2, 0.25) is 0 Å². The average Bonchev–Trinajstić information content (AvgIpc) is 2.44. The number of halogens is 1. The Morgan fingerprint density at radius 2 is 2.36 bits per heavy atom. The number of carboxylic acid groups (broad SMARTS) is 1.